The third kappa shape index (κ3) is 2.73. The fraction of sp³-hybridized carbons (Fsp3) is 0.364. The van der Waals surface area contributed by atoms with Crippen LogP contribution >= 0.6 is 23.4 Å². The molecule has 1 saturated heterocycles. The molecule has 3 aliphatic rings. The van der Waals surface area contributed by atoms with Crippen molar-refractivity contribution >= 4 is 29.1 Å². The molecule has 1 fully saturated rings. The summed E-state index contributed by atoms with van der Waals surface area (Å²) in [4.78, 5) is 0. The van der Waals surface area contributed by atoms with Gasteiger partial charge in [-0.1, -0.05) is 42.0 Å². The Labute approximate surface area is 164 Å². The zero-order valence-corrected chi connectivity index (χ0v) is 16.3. The maximum atomic E-state index is 6.57. The monoisotopic (exact) mass is 383 g/mol. The number of aryl methyl sites for hydroxylation is 1. The number of hydrogen-bond donors (Lipinski definition) is 1. The van der Waals surface area contributed by atoms with Crippen molar-refractivity contribution in [3.8, 4) is 5.75 Å². The van der Waals surface area contributed by atoms with Gasteiger partial charge in [0.1, 0.15) is 11.9 Å². The molecule has 2 aromatic rings. The van der Waals surface area contributed by atoms with Crippen LogP contribution in [0.15, 0.2) is 48.6 Å². The Morgan fingerprint density at radius 1 is 1.12 bits per heavy atom. The average molecular weight is 384 g/mol. The third-order valence-electron chi connectivity index (χ3n) is 5.82. The predicted molar refractivity (Wildman–Crippen MR) is 111 cm³/mol. The minimum atomic E-state index is 0.299. The van der Waals surface area contributed by atoms with E-state index >= 15 is 0 Å². The molecule has 134 valence electrons. The van der Waals surface area contributed by atoms with E-state index in [2.05, 4.69) is 54.7 Å². The molecule has 2 aromatic carbocycles. The van der Waals surface area contributed by atoms with Gasteiger partial charge >= 0.3 is 0 Å². The van der Waals surface area contributed by atoms with Crippen molar-refractivity contribution in [2.75, 3.05) is 16.8 Å². The lowest BCUT2D eigenvalue weighted by molar-refractivity contribution is 0.240. The average Bonchev–Trinajstić information content (AvgIpc) is 3.10. The molecule has 3 atom stereocenters. The number of ether oxygens (including phenoxy) is 1. The van der Waals surface area contributed by atoms with Crippen molar-refractivity contribution < 1.29 is 4.74 Å². The first-order chi connectivity index (χ1) is 12.7. The molecule has 0 radical (unpaired) electrons. The molecule has 1 N–H and O–H groups in total. The summed E-state index contributed by atoms with van der Waals surface area (Å²) < 4.78 is 6.00. The maximum absolute atomic E-state index is 6.57. The van der Waals surface area contributed by atoms with E-state index < -0.39 is 0 Å². The second kappa shape index (κ2) is 6.54. The molecule has 0 aromatic heterocycles. The highest BCUT2D eigenvalue weighted by Gasteiger charge is 2.39. The standard InChI is InChI=1S/C22H22ClNOS/c1-13-5-10-19(23)20-17-3-2-4-18(17)22(24-21(13)20)14-6-8-15(9-7-14)25-16-11-26-12-16/h2-3,5-10,16-18,22,24H,4,11-12H2,1H3/t17-,18+,22+/m1/s1. The van der Waals surface area contributed by atoms with Gasteiger partial charge in [-0.05, 0) is 48.6 Å². The van der Waals surface area contributed by atoms with Crippen LogP contribution in [0, 0.1) is 12.8 Å². The van der Waals surface area contributed by atoms with Gasteiger partial charge < -0.3 is 10.1 Å². The molecule has 0 spiro atoms. The summed E-state index contributed by atoms with van der Waals surface area (Å²) in [5.41, 5.74) is 5.06. The Balaban J connectivity index is 1.46. The van der Waals surface area contributed by atoms with E-state index in [0.29, 0.717) is 24.0 Å². The SMILES string of the molecule is Cc1ccc(Cl)c2c1N[C@@H](c1ccc(OC3CSC3)cc1)[C@H]1CC=C[C@@H]21. The molecule has 5 rings (SSSR count). The van der Waals surface area contributed by atoms with E-state index in [-0.39, 0.29) is 0 Å². The van der Waals surface area contributed by atoms with E-state index in [1.54, 1.807) is 0 Å². The quantitative estimate of drug-likeness (QED) is 0.660. The van der Waals surface area contributed by atoms with Crippen molar-refractivity contribution in [2.24, 2.45) is 5.92 Å². The van der Waals surface area contributed by atoms with Gasteiger partial charge in [-0.2, -0.15) is 11.8 Å². The zero-order valence-electron chi connectivity index (χ0n) is 14.7. The van der Waals surface area contributed by atoms with Crippen LogP contribution in [0.3, 0.4) is 0 Å². The second-order valence-electron chi connectivity index (χ2n) is 7.47. The largest absolute Gasteiger partial charge is 0.489 e. The first-order valence-electron chi connectivity index (χ1n) is 9.27. The molecular formula is C22H22ClNOS. The lowest BCUT2D eigenvalue weighted by Crippen LogP contribution is -2.31. The number of anilines is 1. The van der Waals surface area contributed by atoms with Crippen molar-refractivity contribution in [3.05, 3.63) is 70.3 Å². The normalized spacial score (nSPS) is 26.6. The van der Waals surface area contributed by atoms with Gasteiger partial charge in [0.25, 0.3) is 0 Å². The van der Waals surface area contributed by atoms with E-state index in [4.69, 9.17) is 16.3 Å². The van der Waals surface area contributed by atoms with Crippen LogP contribution in [0.25, 0.3) is 0 Å². The van der Waals surface area contributed by atoms with Crippen molar-refractivity contribution in [3.63, 3.8) is 0 Å². The number of rotatable bonds is 3. The highest BCUT2D eigenvalue weighted by Crippen LogP contribution is 2.52. The number of thioether (sulfide) groups is 1. The number of benzene rings is 2. The van der Waals surface area contributed by atoms with Crippen molar-refractivity contribution in [1.29, 1.82) is 0 Å². The minimum absolute atomic E-state index is 0.299. The fourth-order valence-electron chi connectivity index (χ4n) is 4.37. The molecule has 1 aliphatic carbocycles. The Hall–Kier alpha value is -1.58. The van der Waals surface area contributed by atoms with Gasteiger partial charge in [0.15, 0.2) is 0 Å². The fourth-order valence-corrected chi connectivity index (χ4v) is 5.22. The highest BCUT2D eigenvalue weighted by molar-refractivity contribution is 8.00. The van der Waals surface area contributed by atoms with Crippen LogP contribution in [-0.4, -0.2) is 17.6 Å². The predicted octanol–water partition coefficient (Wildman–Crippen LogP) is 5.97. The summed E-state index contributed by atoms with van der Waals surface area (Å²) in [7, 11) is 0. The van der Waals surface area contributed by atoms with Crippen LogP contribution in [0.1, 0.15) is 35.1 Å². The topological polar surface area (TPSA) is 21.3 Å². The van der Waals surface area contributed by atoms with Gasteiger partial charge in [-0.15, -0.1) is 0 Å². The van der Waals surface area contributed by atoms with Crippen LogP contribution < -0.4 is 10.1 Å². The van der Waals surface area contributed by atoms with E-state index in [9.17, 15) is 0 Å². The number of nitrogens with one attached hydrogen (secondary N) is 1. The molecule has 0 unspecified atom stereocenters. The van der Waals surface area contributed by atoms with Crippen molar-refractivity contribution in [1.82, 2.24) is 0 Å². The molecule has 26 heavy (non-hydrogen) atoms. The Morgan fingerprint density at radius 2 is 1.92 bits per heavy atom. The second-order valence-corrected chi connectivity index (χ2v) is 8.96. The van der Waals surface area contributed by atoms with Gasteiger partial charge in [-0.25, -0.2) is 0 Å². The van der Waals surface area contributed by atoms with Gasteiger partial charge in [-0.3, -0.25) is 0 Å². The molecule has 2 nitrogen and oxygen atoms in total. The molecule has 0 saturated carbocycles. The van der Waals surface area contributed by atoms with Crippen LogP contribution in [-0.2, 0) is 0 Å². The molecule has 0 bridgehead atoms. The molecular weight excluding hydrogens is 362 g/mol. The van der Waals surface area contributed by atoms with Crippen molar-refractivity contribution in [2.45, 2.75) is 31.4 Å². The summed E-state index contributed by atoms with van der Waals surface area (Å²) >= 11 is 8.51. The first-order valence-corrected chi connectivity index (χ1v) is 10.8. The van der Waals surface area contributed by atoms with Gasteiger partial charge in [0.05, 0.1) is 6.04 Å². The van der Waals surface area contributed by atoms with Gasteiger partial charge in [0, 0.05) is 33.7 Å². The number of allylic oxidation sites excluding steroid dienone is 2. The molecule has 0 amide bonds. The van der Waals surface area contributed by atoms with Crippen LogP contribution in [0.4, 0.5) is 5.69 Å². The highest BCUT2D eigenvalue weighted by atomic mass is 35.5. The smallest absolute Gasteiger partial charge is 0.119 e. The Bertz CT molecular complexity index is 859. The van der Waals surface area contributed by atoms with Gasteiger partial charge in [0.2, 0.25) is 0 Å². The number of halogens is 1. The number of fused-ring (bicyclic) bond motifs is 3. The lowest BCUT2D eigenvalue weighted by atomic mass is 9.76. The Kier molecular flexibility index (Phi) is 4.17. The minimum Gasteiger partial charge on any atom is -0.489 e. The van der Waals surface area contributed by atoms with Crippen LogP contribution in [0.2, 0.25) is 5.02 Å². The van der Waals surface area contributed by atoms with E-state index in [1.165, 1.54) is 22.4 Å². The first kappa shape index (κ1) is 16.6. The number of hydrogen-bond acceptors (Lipinski definition) is 3. The maximum Gasteiger partial charge on any atom is 0.119 e. The Morgan fingerprint density at radius 3 is 2.65 bits per heavy atom. The van der Waals surface area contributed by atoms with Crippen LogP contribution in [0.5, 0.6) is 5.75 Å². The molecule has 2 heterocycles. The molecule has 4 heteroatoms. The van der Waals surface area contributed by atoms with E-state index in [1.807, 2.05) is 17.8 Å². The molecule has 2 aliphatic heterocycles. The lowest BCUT2D eigenvalue weighted by Gasteiger charge is -2.39. The summed E-state index contributed by atoms with van der Waals surface area (Å²) in [6.45, 7) is 2.16. The summed E-state index contributed by atoms with van der Waals surface area (Å²) in [6, 6.07) is 13.1. The summed E-state index contributed by atoms with van der Waals surface area (Å²) in [6.07, 6.45) is 6.13. The summed E-state index contributed by atoms with van der Waals surface area (Å²) in [5.74, 6) is 4.11. The zero-order chi connectivity index (χ0) is 17.7. The summed E-state index contributed by atoms with van der Waals surface area (Å²) in [5, 5.41) is 4.68. The van der Waals surface area contributed by atoms with E-state index in [0.717, 1.165) is 28.7 Å². The third-order valence-corrected chi connectivity index (χ3v) is 7.37.